The third-order valence-corrected chi connectivity index (χ3v) is 6.13. The summed E-state index contributed by atoms with van der Waals surface area (Å²) < 4.78 is 4.68. The largest absolute Gasteiger partial charge is 0.469 e. The molecule has 1 aliphatic carbocycles. The van der Waals surface area contributed by atoms with E-state index in [2.05, 4.69) is 14.7 Å². The van der Waals surface area contributed by atoms with E-state index in [0.29, 0.717) is 6.42 Å². The number of carbonyl (C=O) groups is 1. The lowest BCUT2D eigenvalue weighted by Gasteiger charge is -2.11. The van der Waals surface area contributed by atoms with Gasteiger partial charge in [0, 0.05) is 22.4 Å². The molecule has 2 aromatic rings. The SMILES string of the molecule is COC(=O)CCCSc1nc(C)nc2sc3c(c12)CCCC3. The van der Waals surface area contributed by atoms with E-state index in [0.717, 1.165) is 34.3 Å². The van der Waals surface area contributed by atoms with Gasteiger partial charge in [-0.1, -0.05) is 0 Å². The van der Waals surface area contributed by atoms with E-state index in [-0.39, 0.29) is 5.97 Å². The average Bonchev–Trinajstić information content (AvgIpc) is 2.89. The summed E-state index contributed by atoms with van der Waals surface area (Å²) >= 11 is 3.58. The molecular weight excluding hydrogens is 316 g/mol. The summed E-state index contributed by atoms with van der Waals surface area (Å²) in [6.45, 7) is 1.96. The summed E-state index contributed by atoms with van der Waals surface area (Å²) in [5, 5.41) is 2.36. The smallest absolute Gasteiger partial charge is 0.305 e. The Morgan fingerprint density at radius 1 is 1.32 bits per heavy atom. The molecule has 22 heavy (non-hydrogen) atoms. The summed E-state index contributed by atoms with van der Waals surface area (Å²) in [6.07, 6.45) is 6.17. The van der Waals surface area contributed by atoms with Gasteiger partial charge in [0.15, 0.2) is 0 Å². The Kier molecular flexibility index (Phi) is 4.98. The number of aryl methyl sites for hydroxylation is 3. The van der Waals surface area contributed by atoms with E-state index in [1.54, 1.807) is 11.8 Å². The van der Waals surface area contributed by atoms with Crippen LogP contribution in [0.2, 0.25) is 0 Å². The number of rotatable bonds is 5. The molecule has 0 spiro atoms. The minimum absolute atomic E-state index is 0.141. The molecule has 118 valence electrons. The predicted molar refractivity (Wildman–Crippen MR) is 90.8 cm³/mol. The minimum Gasteiger partial charge on any atom is -0.469 e. The van der Waals surface area contributed by atoms with Crippen LogP contribution in [0.15, 0.2) is 5.03 Å². The molecule has 3 rings (SSSR count). The summed E-state index contributed by atoms with van der Waals surface area (Å²) in [5.74, 6) is 1.57. The van der Waals surface area contributed by atoms with Gasteiger partial charge in [0.05, 0.1) is 7.11 Å². The van der Waals surface area contributed by atoms with Crippen molar-refractivity contribution >= 4 is 39.3 Å². The summed E-state index contributed by atoms with van der Waals surface area (Å²) in [5.41, 5.74) is 1.47. The Bertz CT molecular complexity index is 697. The van der Waals surface area contributed by atoms with Crippen LogP contribution in [0.25, 0.3) is 10.2 Å². The molecule has 0 radical (unpaired) electrons. The van der Waals surface area contributed by atoms with Gasteiger partial charge in [-0.05, 0) is 44.6 Å². The second-order valence-corrected chi connectivity index (χ2v) is 7.66. The molecule has 0 atom stereocenters. The van der Waals surface area contributed by atoms with Crippen LogP contribution in [0, 0.1) is 6.92 Å². The molecule has 0 aromatic carbocycles. The quantitative estimate of drug-likeness (QED) is 0.358. The molecule has 0 saturated carbocycles. The van der Waals surface area contributed by atoms with Gasteiger partial charge in [0.1, 0.15) is 15.7 Å². The lowest BCUT2D eigenvalue weighted by molar-refractivity contribution is -0.140. The molecule has 0 saturated heterocycles. The van der Waals surface area contributed by atoms with Crippen molar-refractivity contribution in [3.05, 3.63) is 16.3 Å². The molecule has 2 aromatic heterocycles. The normalized spacial score (nSPS) is 14.1. The lowest BCUT2D eigenvalue weighted by Crippen LogP contribution is -2.01. The van der Waals surface area contributed by atoms with Crippen molar-refractivity contribution in [1.82, 2.24) is 9.97 Å². The van der Waals surface area contributed by atoms with Crippen LogP contribution in [0.1, 0.15) is 41.9 Å². The predicted octanol–water partition coefficient (Wildman–Crippen LogP) is 3.92. The molecule has 2 heterocycles. The Balaban J connectivity index is 1.82. The van der Waals surface area contributed by atoms with E-state index >= 15 is 0 Å². The Hall–Kier alpha value is -1.14. The fraction of sp³-hybridized carbons (Fsp3) is 0.562. The standard InChI is InChI=1S/C16H20N2O2S2/c1-10-17-15(21-9-5-8-13(19)20-2)14-11-6-3-4-7-12(11)22-16(14)18-10/h3-9H2,1-2H3. The summed E-state index contributed by atoms with van der Waals surface area (Å²) in [6, 6.07) is 0. The third kappa shape index (κ3) is 3.27. The Morgan fingerprint density at radius 2 is 2.14 bits per heavy atom. The fourth-order valence-corrected chi connectivity index (χ4v) is 5.23. The van der Waals surface area contributed by atoms with Crippen molar-refractivity contribution in [3.8, 4) is 0 Å². The monoisotopic (exact) mass is 336 g/mol. The number of carbonyl (C=O) groups excluding carboxylic acids is 1. The van der Waals surface area contributed by atoms with Gasteiger partial charge >= 0.3 is 5.97 Å². The number of nitrogens with zero attached hydrogens (tertiary/aromatic N) is 2. The second kappa shape index (κ2) is 6.96. The van der Waals surface area contributed by atoms with Crippen molar-refractivity contribution in [1.29, 1.82) is 0 Å². The van der Waals surface area contributed by atoms with Crippen molar-refractivity contribution in [3.63, 3.8) is 0 Å². The number of fused-ring (bicyclic) bond motifs is 3. The molecule has 0 bridgehead atoms. The molecule has 0 amide bonds. The van der Waals surface area contributed by atoms with Gasteiger partial charge in [-0.3, -0.25) is 4.79 Å². The highest BCUT2D eigenvalue weighted by atomic mass is 32.2. The van der Waals surface area contributed by atoms with Crippen LogP contribution in [-0.2, 0) is 22.4 Å². The van der Waals surface area contributed by atoms with Gasteiger partial charge < -0.3 is 4.74 Å². The number of ether oxygens (including phenoxy) is 1. The molecule has 0 unspecified atom stereocenters. The maximum absolute atomic E-state index is 11.2. The van der Waals surface area contributed by atoms with Gasteiger partial charge in [0.2, 0.25) is 0 Å². The maximum Gasteiger partial charge on any atom is 0.305 e. The molecule has 4 nitrogen and oxygen atoms in total. The molecule has 0 fully saturated rings. The second-order valence-electron chi connectivity index (χ2n) is 5.50. The molecule has 0 N–H and O–H groups in total. The highest BCUT2D eigenvalue weighted by Gasteiger charge is 2.20. The van der Waals surface area contributed by atoms with Crippen LogP contribution in [-0.4, -0.2) is 28.8 Å². The van der Waals surface area contributed by atoms with Crippen LogP contribution >= 0.6 is 23.1 Å². The van der Waals surface area contributed by atoms with Crippen molar-refractivity contribution in [2.75, 3.05) is 12.9 Å². The molecule has 0 aliphatic heterocycles. The Morgan fingerprint density at radius 3 is 2.95 bits per heavy atom. The van der Waals surface area contributed by atoms with E-state index in [9.17, 15) is 4.79 Å². The van der Waals surface area contributed by atoms with Gasteiger partial charge in [-0.2, -0.15) is 0 Å². The zero-order valence-electron chi connectivity index (χ0n) is 13.0. The summed E-state index contributed by atoms with van der Waals surface area (Å²) in [7, 11) is 1.43. The zero-order valence-corrected chi connectivity index (χ0v) is 14.6. The number of thioether (sulfide) groups is 1. The van der Waals surface area contributed by atoms with E-state index in [1.165, 1.54) is 42.2 Å². The van der Waals surface area contributed by atoms with E-state index in [4.69, 9.17) is 0 Å². The number of hydrogen-bond acceptors (Lipinski definition) is 6. The highest BCUT2D eigenvalue weighted by molar-refractivity contribution is 7.99. The number of methoxy groups -OCH3 is 1. The van der Waals surface area contributed by atoms with Gasteiger partial charge in [-0.15, -0.1) is 23.1 Å². The van der Waals surface area contributed by atoms with Gasteiger partial charge in [-0.25, -0.2) is 9.97 Å². The van der Waals surface area contributed by atoms with E-state index < -0.39 is 0 Å². The topological polar surface area (TPSA) is 52.1 Å². The number of hydrogen-bond donors (Lipinski definition) is 0. The average molecular weight is 336 g/mol. The van der Waals surface area contributed by atoms with Crippen LogP contribution in [0.3, 0.4) is 0 Å². The highest BCUT2D eigenvalue weighted by Crippen LogP contribution is 2.39. The number of thiophene rings is 1. The van der Waals surface area contributed by atoms with E-state index in [1.807, 2.05) is 18.3 Å². The lowest BCUT2D eigenvalue weighted by atomic mass is 9.97. The first kappa shape index (κ1) is 15.7. The van der Waals surface area contributed by atoms with Crippen LogP contribution in [0.5, 0.6) is 0 Å². The maximum atomic E-state index is 11.2. The third-order valence-electron chi connectivity index (χ3n) is 3.88. The molecule has 6 heteroatoms. The van der Waals surface area contributed by atoms with Crippen LogP contribution in [0.4, 0.5) is 0 Å². The summed E-state index contributed by atoms with van der Waals surface area (Å²) in [4.78, 5) is 23.1. The van der Waals surface area contributed by atoms with Gasteiger partial charge in [0.25, 0.3) is 0 Å². The van der Waals surface area contributed by atoms with Crippen molar-refractivity contribution < 1.29 is 9.53 Å². The fourth-order valence-electron chi connectivity index (χ4n) is 2.82. The first-order valence-electron chi connectivity index (χ1n) is 7.67. The first-order chi connectivity index (χ1) is 10.7. The van der Waals surface area contributed by atoms with Crippen molar-refractivity contribution in [2.45, 2.75) is 50.5 Å². The minimum atomic E-state index is -0.141. The van der Waals surface area contributed by atoms with Crippen molar-refractivity contribution in [2.24, 2.45) is 0 Å². The first-order valence-corrected chi connectivity index (χ1v) is 9.47. The van der Waals surface area contributed by atoms with Crippen LogP contribution < -0.4 is 0 Å². The Labute approximate surface area is 138 Å². The molecular formula is C16H20N2O2S2. The number of aromatic nitrogens is 2. The number of esters is 1. The zero-order chi connectivity index (χ0) is 15.5. The molecule has 1 aliphatic rings.